The lowest BCUT2D eigenvalue weighted by Gasteiger charge is -2.34. The molecule has 3 amide bonds. The molecule has 0 unspecified atom stereocenters. The first-order valence-electron chi connectivity index (χ1n) is 9.16. The van der Waals surface area contributed by atoms with Crippen molar-refractivity contribution in [3.05, 3.63) is 12.4 Å². The van der Waals surface area contributed by atoms with Crippen molar-refractivity contribution in [2.24, 2.45) is 5.92 Å². The molecule has 1 aliphatic carbocycles. The Morgan fingerprint density at radius 3 is 2.76 bits per heavy atom. The fourth-order valence-electron chi connectivity index (χ4n) is 3.67. The second kappa shape index (κ2) is 8.33. The number of carbonyl (C=O) groups is 2. The van der Waals surface area contributed by atoms with Crippen LogP contribution in [-0.2, 0) is 4.79 Å². The lowest BCUT2D eigenvalue weighted by molar-refractivity contribution is -0.123. The van der Waals surface area contributed by atoms with Crippen molar-refractivity contribution in [3.8, 4) is 0 Å². The van der Waals surface area contributed by atoms with Gasteiger partial charge >= 0.3 is 6.03 Å². The van der Waals surface area contributed by atoms with E-state index in [0.717, 1.165) is 12.8 Å². The van der Waals surface area contributed by atoms with Crippen molar-refractivity contribution < 1.29 is 9.59 Å². The molecule has 8 heteroatoms. The molecular weight excluding hydrogens is 320 g/mol. The number of hydrogen-bond donors (Lipinski definition) is 3. The summed E-state index contributed by atoms with van der Waals surface area (Å²) in [5, 5.41) is 12.5. The standard InChI is InChI=1S/C17H28N6O2/c1-13-3-2-4-14(9-13)20-16(24)12-22-5-7-23(8-6-22)17(25)21-15-10-18-19-11-15/h10-11,13-14H,2-9,12H2,1H3,(H,18,19)(H,20,24)(H,21,25)/t13-,14-/m0/s1. The smallest absolute Gasteiger partial charge is 0.322 e. The number of anilines is 1. The minimum absolute atomic E-state index is 0.107. The summed E-state index contributed by atoms with van der Waals surface area (Å²) in [6.07, 6.45) is 7.88. The summed E-state index contributed by atoms with van der Waals surface area (Å²) in [4.78, 5) is 28.3. The number of urea groups is 1. The molecule has 1 aromatic heterocycles. The van der Waals surface area contributed by atoms with Crippen molar-refractivity contribution >= 4 is 17.6 Å². The molecule has 138 valence electrons. The Bertz CT molecular complexity index is 568. The second-order valence-electron chi connectivity index (χ2n) is 7.22. The van der Waals surface area contributed by atoms with Crippen LogP contribution >= 0.6 is 0 Å². The Labute approximate surface area is 148 Å². The second-order valence-corrected chi connectivity index (χ2v) is 7.22. The average molecular weight is 348 g/mol. The first kappa shape index (κ1) is 17.7. The summed E-state index contributed by atoms with van der Waals surface area (Å²) in [6.45, 7) is 5.35. The number of nitrogens with one attached hydrogen (secondary N) is 3. The molecule has 0 aromatic carbocycles. The van der Waals surface area contributed by atoms with Gasteiger partial charge in [0.25, 0.3) is 0 Å². The van der Waals surface area contributed by atoms with Crippen LogP contribution in [0, 0.1) is 5.92 Å². The molecule has 2 heterocycles. The number of carbonyl (C=O) groups excluding carboxylic acids is 2. The first-order chi connectivity index (χ1) is 12.1. The van der Waals surface area contributed by atoms with Gasteiger partial charge in [-0.3, -0.25) is 14.8 Å². The van der Waals surface area contributed by atoms with E-state index in [-0.39, 0.29) is 11.9 Å². The normalized spacial score (nSPS) is 24.8. The van der Waals surface area contributed by atoms with Crippen molar-refractivity contribution in [1.29, 1.82) is 0 Å². The van der Waals surface area contributed by atoms with Gasteiger partial charge in [0.05, 0.1) is 18.4 Å². The fraction of sp³-hybridized carbons (Fsp3) is 0.706. The van der Waals surface area contributed by atoms with Crippen molar-refractivity contribution in [3.63, 3.8) is 0 Å². The fourth-order valence-corrected chi connectivity index (χ4v) is 3.67. The van der Waals surface area contributed by atoms with Crippen molar-refractivity contribution in [2.75, 3.05) is 38.0 Å². The molecule has 1 saturated carbocycles. The zero-order valence-corrected chi connectivity index (χ0v) is 14.8. The number of aromatic amines is 1. The summed E-state index contributed by atoms with van der Waals surface area (Å²) in [6, 6.07) is 0.208. The number of hydrogen-bond acceptors (Lipinski definition) is 4. The predicted octanol–water partition coefficient (Wildman–Crippen LogP) is 1.25. The highest BCUT2D eigenvalue weighted by atomic mass is 16.2. The summed E-state index contributed by atoms with van der Waals surface area (Å²) >= 11 is 0. The van der Waals surface area contributed by atoms with Gasteiger partial charge in [0.15, 0.2) is 0 Å². The van der Waals surface area contributed by atoms with Gasteiger partial charge in [0.1, 0.15) is 0 Å². The molecule has 0 bridgehead atoms. The highest BCUT2D eigenvalue weighted by Crippen LogP contribution is 2.23. The van der Waals surface area contributed by atoms with E-state index in [9.17, 15) is 9.59 Å². The maximum atomic E-state index is 12.3. The average Bonchev–Trinajstić information content (AvgIpc) is 3.08. The van der Waals surface area contributed by atoms with Crippen LogP contribution < -0.4 is 10.6 Å². The van der Waals surface area contributed by atoms with E-state index in [0.29, 0.717) is 50.4 Å². The summed E-state index contributed by atoms with van der Waals surface area (Å²) in [5.41, 5.74) is 0.661. The van der Waals surface area contributed by atoms with Crippen LogP contribution in [0.3, 0.4) is 0 Å². The lowest BCUT2D eigenvalue weighted by Crippen LogP contribution is -2.52. The van der Waals surface area contributed by atoms with Crippen LogP contribution in [0.5, 0.6) is 0 Å². The van der Waals surface area contributed by atoms with E-state index >= 15 is 0 Å². The van der Waals surface area contributed by atoms with E-state index in [2.05, 4.69) is 32.7 Å². The van der Waals surface area contributed by atoms with Crippen molar-refractivity contribution in [2.45, 2.75) is 38.6 Å². The van der Waals surface area contributed by atoms with Gasteiger partial charge in [0.2, 0.25) is 5.91 Å². The van der Waals surface area contributed by atoms with E-state index in [1.165, 1.54) is 12.8 Å². The third-order valence-corrected chi connectivity index (χ3v) is 5.08. The monoisotopic (exact) mass is 348 g/mol. The highest BCUT2D eigenvalue weighted by molar-refractivity contribution is 5.89. The van der Waals surface area contributed by atoms with E-state index in [1.807, 2.05) is 0 Å². The minimum Gasteiger partial charge on any atom is -0.352 e. The molecule has 2 aliphatic rings. The molecule has 25 heavy (non-hydrogen) atoms. The van der Waals surface area contributed by atoms with Gasteiger partial charge < -0.3 is 15.5 Å². The molecule has 0 radical (unpaired) electrons. The quantitative estimate of drug-likeness (QED) is 0.763. The Morgan fingerprint density at radius 1 is 1.28 bits per heavy atom. The van der Waals surface area contributed by atoms with Crippen LogP contribution in [0.25, 0.3) is 0 Å². The number of amides is 3. The van der Waals surface area contributed by atoms with E-state index in [4.69, 9.17) is 0 Å². The van der Waals surface area contributed by atoms with Crippen LogP contribution in [-0.4, -0.2) is 70.7 Å². The molecule has 1 saturated heterocycles. The molecule has 1 aromatic rings. The van der Waals surface area contributed by atoms with E-state index in [1.54, 1.807) is 17.3 Å². The van der Waals surface area contributed by atoms with Crippen LogP contribution in [0.15, 0.2) is 12.4 Å². The number of aromatic nitrogens is 2. The van der Waals surface area contributed by atoms with Gasteiger partial charge in [-0.25, -0.2) is 4.79 Å². The molecular formula is C17H28N6O2. The largest absolute Gasteiger partial charge is 0.352 e. The molecule has 0 spiro atoms. The SMILES string of the molecule is C[C@H]1CCC[C@H](NC(=O)CN2CCN(C(=O)Nc3cn[nH]c3)CC2)C1. The van der Waals surface area contributed by atoms with Gasteiger partial charge in [-0.1, -0.05) is 19.8 Å². The zero-order valence-electron chi connectivity index (χ0n) is 14.8. The maximum absolute atomic E-state index is 12.3. The third kappa shape index (κ3) is 5.19. The van der Waals surface area contributed by atoms with Gasteiger partial charge in [-0.05, 0) is 18.8 Å². The molecule has 8 nitrogen and oxygen atoms in total. The molecule has 2 fully saturated rings. The first-order valence-corrected chi connectivity index (χ1v) is 9.16. The Hall–Kier alpha value is -2.09. The van der Waals surface area contributed by atoms with Crippen molar-refractivity contribution in [1.82, 2.24) is 25.3 Å². The minimum atomic E-state index is -0.123. The summed E-state index contributed by atoms with van der Waals surface area (Å²) < 4.78 is 0. The summed E-state index contributed by atoms with van der Waals surface area (Å²) in [5.74, 6) is 0.812. The maximum Gasteiger partial charge on any atom is 0.322 e. The van der Waals surface area contributed by atoms with Crippen LogP contribution in [0.1, 0.15) is 32.6 Å². The Balaban J connectivity index is 1.37. The number of H-pyrrole nitrogens is 1. The number of rotatable bonds is 4. The molecule has 1 aliphatic heterocycles. The van der Waals surface area contributed by atoms with Gasteiger partial charge in [-0.2, -0.15) is 5.10 Å². The Morgan fingerprint density at radius 2 is 2.08 bits per heavy atom. The third-order valence-electron chi connectivity index (χ3n) is 5.08. The van der Waals surface area contributed by atoms with Crippen LogP contribution in [0.4, 0.5) is 10.5 Å². The van der Waals surface area contributed by atoms with Gasteiger partial charge in [-0.15, -0.1) is 0 Å². The molecule has 3 N–H and O–H groups in total. The van der Waals surface area contributed by atoms with Crippen LogP contribution in [0.2, 0.25) is 0 Å². The zero-order chi connectivity index (χ0) is 17.6. The lowest BCUT2D eigenvalue weighted by atomic mass is 9.87. The highest BCUT2D eigenvalue weighted by Gasteiger charge is 2.24. The number of piperazine rings is 1. The molecule has 3 rings (SSSR count). The summed E-state index contributed by atoms with van der Waals surface area (Å²) in [7, 11) is 0. The topological polar surface area (TPSA) is 93.4 Å². The molecule has 2 atom stereocenters. The Kier molecular flexibility index (Phi) is 5.91. The van der Waals surface area contributed by atoms with E-state index < -0.39 is 0 Å². The number of nitrogens with zero attached hydrogens (tertiary/aromatic N) is 3. The van der Waals surface area contributed by atoms with Gasteiger partial charge in [0, 0.05) is 38.4 Å². The predicted molar refractivity (Wildman–Crippen MR) is 95.2 cm³/mol.